The number of aromatic nitrogens is 1. The third-order valence-electron chi connectivity index (χ3n) is 1.50. The van der Waals surface area contributed by atoms with Crippen LogP contribution >= 0.6 is 12.4 Å². The van der Waals surface area contributed by atoms with E-state index in [-0.39, 0.29) is 19.0 Å². The molecule has 0 atom stereocenters. The van der Waals surface area contributed by atoms with E-state index < -0.39 is 5.91 Å². The lowest BCUT2D eigenvalue weighted by molar-refractivity contribution is -0.698. The first-order valence-electron chi connectivity index (χ1n) is 3.64. The molecule has 0 aromatic carbocycles. The van der Waals surface area contributed by atoms with Crippen molar-refractivity contribution in [3.05, 3.63) is 30.1 Å². The number of hydrogen-bond donors (Lipinski definition) is 2. The van der Waals surface area contributed by atoms with Gasteiger partial charge in [0.05, 0.1) is 0 Å². The Kier molecular flexibility index (Phi) is 5.03. The fourth-order valence-electron chi connectivity index (χ4n) is 0.922. The van der Waals surface area contributed by atoms with E-state index in [9.17, 15) is 4.79 Å². The number of amides is 1. The van der Waals surface area contributed by atoms with Crippen LogP contribution in [-0.2, 0) is 6.54 Å². The quantitative estimate of drug-likeness (QED) is 0.650. The van der Waals surface area contributed by atoms with Gasteiger partial charge in [0.1, 0.15) is 12.2 Å². The van der Waals surface area contributed by atoms with Crippen LogP contribution in [0.2, 0.25) is 0 Å². The summed E-state index contributed by atoms with van der Waals surface area (Å²) in [6.45, 7) is 0.522. The normalized spacial score (nSPS) is 9.00. The van der Waals surface area contributed by atoms with Crippen LogP contribution in [0.15, 0.2) is 24.5 Å². The number of hydrogen-bond acceptors (Lipinski definition) is 2. The Morgan fingerprint density at radius 3 is 2.85 bits per heavy atom. The molecule has 0 saturated heterocycles. The van der Waals surface area contributed by atoms with E-state index in [1.807, 2.05) is 0 Å². The summed E-state index contributed by atoms with van der Waals surface area (Å²) in [5.41, 5.74) is 5.51. The molecular weight excluding hydrogens is 192 g/mol. The van der Waals surface area contributed by atoms with Gasteiger partial charge in [-0.15, -0.1) is 12.4 Å². The Balaban J connectivity index is 0.00000144. The van der Waals surface area contributed by atoms with Crippen molar-refractivity contribution in [2.75, 3.05) is 6.61 Å². The van der Waals surface area contributed by atoms with E-state index >= 15 is 0 Å². The number of halogens is 1. The van der Waals surface area contributed by atoms with E-state index in [2.05, 4.69) is 0 Å². The molecule has 1 rings (SSSR count). The molecule has 1 amide bonds. The molecule has 72 valence electrons. The number of carbonyl (C=O) groups is 1. The van der Waals surface area contributed by atoms with Gasteiger partial charge in [-0.3, -0.25) is 4.79 Å². The van der Waals surface area contributed by atoms with E-state index in [0.717, 1.165) is 0 Å². The third kappa shape index (κ3) is 3.40. The Hall–Kier alpha value is -1.13. The molecule has 4 nitrogen and oxygen atoms in total. The first-order chi connectivity index (χ1) is 5.74. The number of nitrogens with two attached hydrogens (primary N) is 1. The minimum absolute atomic E-state index is 0. The topological polar surface area (TPSA) is 67.2 Å². The Morgan fingerprint density at radius 1 is 1.62 bits per heavy atom. The number of rotatable bonds is 3. The number of aliphatic hydroxyl groups excluding tert-OH is 1. The summed E-state index contributed by atoms with van der Waals surface area (Å²) < 4.78 is 1.71. The molecule has 0 radical (unpaired) electrons. The van der Waals surface area contributed by atoms with Gasteiger partial charge in [0, 0.05) is 6.07 Å². The molecule has 13 heavy (non-hydrogen) atoms. The molecule has 0 saturated carbocycles. The van der Waals surface area contributed by atoms with Gasteiger partial charge in [0.25, 0.3) is 5.91 Å². The smallest absolute Gasteiger partial charge is 0.254 e. The fourth-order valence-corrected chi connectivity index (χ4v) is 0.922. The van der Waals surface area contributed by atoms with Crippen LogP contribution in [-0.4, -0.2) is 17.6 Å². The molecule has 1 heterocycles. The molecule has 1 aromatic rings. The van der Waals surface area contributed by atoms with Gasteiger partial charge in [0.15, 0.2) is 18.9 Å². The maximum absolute atomic E-state index is 10.7. The van der Waals surface area contributed by atoms with Gasteiger partial charge < -0.3 is 10.8 Å². The SMILES string of the molecule is Cl.NC(=O)c1ccc[n+](CCO)c1. The van der Waals surface area contributed by atoms with Crippen molar-refractivity contribution >= 4 is 18.3 Å². The molecule has 3 N–H and O–H groups in total. The number of carbonyl (C=O) groups excluding carboxylic acids is 1. The van der Waals surface area contributed by atoms with Gasteiger partial charge in [-0.05, 0) is 6.07 Å². The fraction of sp³-hybridized carbons (Fsp3) is 0.250. The highest BCUT2D eigenvalue weighted by Crippen LogP contribution is 1.91. The second kappa shape index (κ2) is 5.50. The number of primary amides is 1. The molecule has 0 aliphatic rings. The van der Waals surface area contributed by atoms with E-state index in [4.69, 9.17) is 10.8 Å². The molecule has 0 aliphatic heterocycles. The van der Waals surface area contributed by atoms with Crippen molar-refractivity contribution in [3.8, 4) is 0 Å². The van der Waals surface area contributed by atoms with Crippen LogP contribution in [0.25, 0.3) is 0 Å². The summed E-state index contributed by atoms with van der Waals surface area (Å²) >= 11 is 0. The van der Waals surface area contributed by atoms with Crippen molar-refractivity contribution < 1.29 is 14.5 Å². The molecule has 0 bridgehead atoms. The summed E-state index contributed by atoms with van der Waals surface area (Å²) in [6.07, 6.45) is 3.38. The molecular formula is C8H12ClN2O2+. The second-order valence-corrected chi connectivity index (χ2v) is 2.42. The summed E-state index contributed by atoms with van der Waals surface area (Å²) in [6, 6.07) is 3.35. The van der Waals surface area contributed by atoms with Gasteiger partial charge >= 0.3 is 0 Å². The monoisotopic (exact) mass is 203 g/mol. The predicted octanol–water partition coefficient (Wildman–Crippen LogP) is -0.513. The van der Waals surface area contributed by atoms with Crippen LogP contribution in [0, 0.1) is 0 Å². The summed E-state index contributed by atoms with van der Waals surface area (Å²) in [4.78, 5) is 10.7. The van der Waals surface area contributed by atoms with E-state index in [1.165, 1.54) is 0 Å². The molecule has 0 unspecified atom stereocenters. The van der Waals surface area contributed by atoms with Crippen molar-refractivity contribution in [1.29, 1.82) is 0 Å². The number of aliphatic hydroxyl groups is 1. The van der Waals surface area contributed by atoms with Crippen LogP contribution in [0.5, 0.6) is 0 Å². The minimum atomic E-state index is -0.456. The average Bonchev–Trinajstić information content (AvgIpc) is 2.05. The first-order valence-corrected chi connectivity index (χ1v) is 3.64. The lowest BCUT2D eigenvalue weighted by Gasteiger charge is -1.94. The average molecular weight is 204 g/mol. The van der Waals surface area contributed by atoms with Crippen LogP contribution in [0.1, 0.15) is 10.4 Å². The second-order valence-electron chi connectivity index (χ2n) is 2.42. The lowest BCUT2D eigenvalue weighted by Crippen LogP contribution is -2.36. The van der Waals surface area contributed by atoms with Crippen molar-refractivity contribution in [3.63, 3.8) is 0 Å². The van der Waals surface area contributed by atoms with Crippen LogP contribution in [0.4, 0.5) is 0 Å². The van der Waals surface area contributed by atoms with Gasteiger partial charge in [-0.25, -0.2) is 4.57 Å². The standard InChI is InChI=1S/C8H10N2O2.ClH/c9-8(12)7-2-1-3-10(6-7)4-5-11;/h1-3,6,11H,4-5H2,(H-,9,12);1H/p+1. The van der Waals surface area contributed by atoms with Gasteiger partial charge in [-0.1, -0.05) is 0 Å². The largest absolute Gasteiger partial charge is 0.390 e. The highest BCUT2D eigenvalue weighted by Gasteiger charge is 2.05. The summed E-state index contributed by atoms with van der Waals surface area (Å²) in [5.74, 6) is -0.456. The van der Waals surface area contributed by atoms with Gasteiger partial charge in [-0.2, -0.15) is 0 Å². The van der Waals surface area contributed by atoms with E-state index in [1.54, 1.807) is 29.1 Å². The Labute approximate surface area is 82.4 Å². The van der Waals surface area contributed by atoms with E-state index in [0.29, 0.717) is 12.1 Å². The Bertz CT molecular complexity index is 291. The first kappa shape index (κ1) is 11.9. The van der Waals surface area contributed by atoms with Crippen molar-refractivity contribution in [2.45, 2.75) is 6.54 Å². The van der Waals surface area contributed by atoms with Crippen LogP contribution in [0.3, 0.4) is 0 Å². The van der Waals surface area contributed by atoms with Crippen molar-refractivity contribution in [1.82, 2.24) is 0 Å². The molecule has 5 heteroatoms. The van der Waals surface area contributed by atoms with Gasteiger partial charge in [0.2, 0.25) is 0 Å². The number of pyridine rings is 1. The maximum atomic E-state index is 10.7. The van der Waals surface area contributed by atoms with Crippen molar-refractivity contribution in [2.24, 2.45) is 5.73 Å². The lowest BCUT2D eigenvalue weighted by atomic mass is 10.3. The van der Waals surface area contributed by atoms with Crippen LogP contribution < -0.4 is 10.3 Å². The summed E-state index contributed by atoms with van der Waals surface area (Å²) in [7, 11) is 0. The predicted molar refractivity (Wildman–Crippen MR) is 49.5 cm³/mol. The summed E-state index contributed by atoms with van der Waals surface area (Å²) in [5, 5.41) is 8.61. The third-order valence-corrected chi connectivity index (χ3v) is 1.50. The molecule has 0 aliphatic carbocycles. The zero-order valence-electron chi connectivity index (χ0n) is 7.01. The zero-order chi connectivity index (χ0) is 8.97. The molecule has 1 aromatic heterocycles. The molecule has 0 spiro atoms. The number of nitrogens with zero attached hydrogens (tertiary/aromatic N) is 1. The Morgan fingerprint density at radius 2 is 2.31 bits per heavy atom. The minimum Gasteiger partial charge on any atom is -0.390 e. The zero-order valence-corrected chi connectivity index (χ0v) is 7.83. The highest BCUT2D eigenvalue weighted by atomic mass is 35.5. The highest BCUT2D eigenvalue weighted by molar-refractivity contribution is 5.92. The maximum Gasteiger partial charge on any atom is 0.254 e. The molecule has 0 fully saturated rings.